The van der Waals surface area contributed by atoms with Crippen molar-refractivity contribution in [2.75, 3.05) is 18.0 Å². The predicted molar refractivity (Wildman–Crippen MR) is 77.2 cm³/mol. The van der Waals surface area contributed by atoms with E-state index >= 15 is 0 Å². The molecule has 2 aliphatic heterocycles. The van der Waals surface area contributed by atoms with Gasteiger partial charge in [0, 0.05) is 18.8 Å². The molecule has 2 heterocycles. The molecule has 0 radical (unpaired) electrons. The van der Waals surface area contributed by atoms with Crippen LogP contribution < -0.4 is 4.90 Å². The van der Waals surface area contributed by atoms with Crippen molar-refractivity contribution in [1.82, 2.24) is 4.90 Å². The molecule has 0 saturated carbocycles. The summed E-state index contributed by atoms with van der Waals surface area (Å²) < 4.78 is 0. The van der Waals surface area contributed by atoms with Gasteiger partial charge in [0.1, 0.15) is 0 Å². The minimum absolute atomic E-state index is 0.338. The van der Waals surface area contributed by atoms with Crippen LogP contribution in [0.4, 0.5) is 5.69 Å². The molecule has 18 heavy (non-hydrogen) atoms. The molecule has 2 nitrogen and oxygen atoms in total. The van der Waals surface area contributed by atoms with E-state index in [0.717, 1.165) is 0 Å². The number of rotatable bonds is 1. The predicted octanol–water partition coefficient (Wildman–Crippen LogP) is 3.24. The Bertz CT molecular complexity index is 494. The summed E-state index contributed by atoms with van der Waals surface area (Å²) in [5.74, 6) is 0. The summed E-state index contributed by atoms with van der Waals surface area (Å²) in [5.41, 5.74) is 6.03. The van der Waals surface area contributed by atoms with Crippen molar-refractivity contribution in [3.05, 3.63) is 28.8 Å². The zero-order chi connectivity index (χ0) is 13.1. The molecular formula is C16H24N2. The van der Waals surface area contributed by atoms with Crippen molar-refractivity contribution >= 4 is 5.69 Å². The summed E-state index contributed by atoms with van der Waals surface area (Å²) in [4.78, 5) is 5.27. The van der Waals surface area contributed by atoms with Gasteiger partial charge >= 0.3 is 0 Å². The van der Waals surface area contributed by atoms with Gasteiger partial charge in [-0.2, -0.15) is 0 Å². The van der Waals surface area contributed by atoms with Gasteiger partial charge in [0.2, 0.25) is 0 Å². The molecule has 98 valence electrons. The fourth-order valence-electron chi connectivity index (χ4n) is 3.87. The molecule has 2 aliphatic rings. The van der Waals surface area contributed by atoms with Crippen molar-refractivity contribution in [2.24, 2.45) is 0 Å². The molecule has 2 bridgehead atoms. The van der Waals surface area contributed by atoms with E-state index in [9.17, 15) is 0 Å². The van der Waals surface area contributed by atoms with Crippen LogP contribution >= 0.6 is 0 Å². The van der Waals surface area contributed by atoms with Crippen molar-refractivity contribution in [1.29, 1.82) is 0 Å². The summed E-state index contributed by atoms with van der Waals surface area (Å²) >= 11 is 0. The number of hydrogen-bond acceptors (Lipinski definition) is 2. The van der Waals surface area contributed by atoms with Gasteiger partial charge in [-0.25, -0.2) is 0 Å². The molecule has 3 unspecified atom stereocenters. The molecule has 0 N–H and O–H groups in total. The maximum atomic E-state index is 2.66. The van der Waals surface area contributed by atoms with Crippen molar-refractivity contribution in [2.45, 2.75) is 52.7 Å². The molecule has 3 rings (SSSR count). The SMILES string of the molecule is Cc1cc(C)c(C)c(N2C(C)N3CCC2(C)C3)c1. The number of fused-ring (bicyclic) bond motifs is 2. The number of nitrogens with zero attached hydrogens (tertiary/aromatic N) is 2. The first-order valence-corrected chi connectivity index (χ1v) is 7.04. The lowest BCUT2D eigenvalue weighted by molar-refractivity contribution is 0.278. The molecule has 0 spiro atoms. The first-order valence-electron chi connectivity index (χ1n) is 7.04. The lowest BCUT2D eigenvalue weighted by atomic mass is 9.95. The highest BCUT2D eigenvalue weighted by Crippen LogP contribution is 2.43. The summed E-state index contributed by atoms with van der Waals surface area (Å²) in [6.07, 6.45) is 1.84. The van der Waals surface area contributed by atoms with E-state index in [4.69, 9.17) is 0 Å². The lowest BCUT2D eigenvalue weighted by Crippen LogP contribution is -2.50. The Morgan fingerprint density at radius 3 is 2.56 bits per heavy atom. The van der Waals surface area contributed by atoms with Crippen LogP contribution in [0.1, 0.15) is 37.0 Å². The van der Waals surface area contributed by atoms with Gasteiger partial charge in [-0.1, -0.05) is 6.07 Å². The van der Waals surface area contributed by atoms with Crippen LogP contribution in [-0.4, -0.2) is 29.7 Å². The van der Waals surface area contributed by atoms with Gasteiger partial charge in [0.05, 0.1) is 11.7 Å². The molecule has 1 aromatic rings. The highest BCUT2D eigenvalue weighted by Gasteiger charge is 2.50. The second-order valence-corrected chi connectivity index (χ2v) is 6.45. The topological polar surface area (TPSA) is 6.48 Å². The zero-order valence-corrected chi connectivity index (χ0v) is 12.2. The largest absolute Gasteiger partial charge is 0.349 e. The van der Waals surface area contributed by atoms with Crippen molar-refractivity contribution in [3.8, 4) is 0 Å². The number of hydrogen-bond donors (Lipinski definition) is 0. The third-order valence-electron chi connectivity index (χ3n) is 5.01. The van der Waals surface area contributed by atoms with Gasteiger partial charge in [-0.3, -0.25) is 4.90 Å². The molecule has 2 saturated heterocycles. The van der Waals surface area contributed by atoms with Crippen LogP contribution in [0.2, 0.25) is 0 Å². The molecular weight excluding hydrogens is 220 g/mol. The third-order valence-corrected chi connectivity index (χ3v) is 5.01. The Morgan fingerprint density at radius 2 is 1.94 bits per heavy atom. The quantitative estimate of drug-likeness (QED) is 0.748. The van der Waals surface area contributed by atoms with E-state index in [2.05, 4.69) is 56.6 Å². The first kappa shape index (κ1) is 12.0. The average molecular weight is 244 g/mol. The normalized spacial score (nSPS) is 34.4. The van der Waals surface area contributed by atoms with E-state index in [1.54, 1.807) is 0 Å². The first-order chi connectivity index (χ1) is 8.42. The second-order valence-electron chi connectivity index (χ2n) is 6.45. The molecule has 0 amide bonds. The fourth-order valence-corrected chi connectivity index (χ4v) is 3.87. The van der Waals surface area contributed by atoms with Crippen LogP contribution in [0.5, 0.6) is 0 Å². The Morgan fingerprint density at radius 1 is 1.22 bits per heavy atom. The van der Waals surface area contributed by atoms with Crippen LogP contribution in [-0.2, 0) is 0 Å². The number of aryl methyl sites for hydroxylation is 2. The highest BCUT2D eigenvalue weighted by molar-refractivity contribution is 5.61. The van der Waals surface area contributed by atoms with Crippen LogP contribution in [0, 0.1) is 20.8 Å². The van der Waals surface area contributed by atoms with E-state index in [-0.39, 0.29) is 0 Å². The molecule has 2 heteroatoms. The average Bonchev–Trinajstić information content (AvgIpc) is 2.78. The van der Waals surface area contributed by atoms with Gasteiger partial charge in [0.15, 0.2) is 0 Å². The van der Waals surface area contributed by atoms with E-state index in [0.29, 0.717) is 11.7 Å². The monoisotopic (exact) mass is 244 g/mol. The second kappa shape index (κ2) is 3.74. The Balaban J connectivity index is 2.11. The minimum atomic E-state index is 0.338. The Kier molecular flexibility index (Phi) is 2.50. The molecule has 0 aromatic heterocycles. The van der Waals surface area contributed by atoms with Crippen molar-refractivity contribution < 1.29 is 0 Å². The van der Waals surface area contributed by atoms with E-state index in [1.165, 1.54) is 41.9 Å². The van der Waals surface area contributed by atoms with E-state index in [1.807, 2.05) is 0 Å². The van der Waals surface area contributed by atoms with Crippen LogP contribution in [0.3, 0.4) is 0 Å². The standard InChI is InChI=1S/C16H24N2/c1-11-8-12(2)13(3)15(9-11)18-14(4)17-7-6-16(18,5)10-17/h8-9,14H,6-7,10H2,1-5H3. The molecule has 1 aromatic carbocycles. The maximum absolute atomic E-state index is 2.66. The summed E-state index contributed by atoms with van der Waals surface area (Å²) in [5, 5.41) is 0. The van der Waals surface area contributed by atoms with E-state index < -0.39 is 0 Å². The Hall–Kier alpha value is -1.02. The molecule has 3 atom stereocenters. The molecule has 0 aliphatic carbocycles. The lowest BCUT2D eigenvalue weighted by Gasteiger charge is -2.42. The van der Waals surface area contributed by atoms with Gasteiger partial charge < -0.3 is 4.90 Å². The Labute approximate surface area is 111 Å². The summed E-state index contributed by atoms with van der Waals surface area (Å²) in [6, 6.07) is 4.66. The van der Waals surface area contributed by atoms with Crippen LogP contribution in [0.15, 0.2) is 12.1 Å². The number of anilines is 1. The highest BCUT2D eigenvalue weighted by atomic mass is 15.5. The minimum Gasteiger partial charge on any atom is -0.349 e. The maximum Gasteiger partial charge on any atom is 0.0799 e. The van der Waals surface area contributed by atoms with Gasteiger partial charge in [0.25, 0.3) is 0 Å². The van der Waals surface area contributed by atoms with Gasteiger partial charge in [-0.05, 0) is 63.8 Å². The number of benzene rings is 1. The summed E-state index contributed by atoms with van der Waals surface area (Å²) in [7, 11) is 0. The fraction of sp³-hybridized carbons (Fsp3) is 0.625. The van der Waals surface area contributed by atoms with Crippen molar-refractivity contribution in [3.63, 3.8) is 0 Å². The molecule has 2 fully saturated rings. The summed E-state index contributed by atoms with van der Waals surface area (Å²) in [6.45, 7) is 14.0. The van der Waals surface area contributed by atoms with Gasteiger partial charge in [-0.15, -0.1) is 0 Å². The third kappa shape index (κ3) is 1.51. The zero-order valence-electron chi connectivity index (χ0n) is 12.2. The smallest absolute Gasteiger partial charge is 0.0799 e. The van der Waals surface area contributed by atoms with Crippen LogP contribution in [0.25, 0.3) is 0 Å².